The van der Waals surface area contributed by atoms with Crippen LogP contribution in [0, 0.1) is 0 Å². The lowest BCUT2D eigenvalue weighted by Crippen LogP contribution is -2.47. The first-order valence-corrected chi connectivity index (χ1v) is 10.7. The number of carbonyl (C=O) groups excluding carboxylic acids is 2. The molecule has 0 radical (unpaired) electrons. The third kappa shape index (κ3) is 5.28. The van der Waals surface area contributed by atoms with Gasteiger partial charge < -0.3 is 15.0 Å². The number of ketones is 1. The second kappa shape index (κ2) is 10.4. The molecule has 1 amide bonds. The van der Waals surface area contributed by atoms with Gasteiger partial charge in [0, 0.05) is 19.5 Å². The molecule has 0 aliphatic carbocycles. The van der Waals surface area contributed by atoms with E-state index < -0.39 is 0 Å². The molecule has 0 bridgehead atoms. The fraction of sp³-hybridized carbons (Fsp3) is 0.440. The van der Waals surface area contributed by atoms with Crippen molar-refractivity contribution in [3.8, 4) is 5.75 Å². The van der Waals surface area contributed by atoms with Crippen LogP contribution in [0.4, 0.5) is 0 Å². The number of likely N-dealkylation sites (tertiary alicyclic amines) is 1. The summed E-state index contributed by atoms with van der Waals surface area (Å²) in [6, 6.07) is 18.0. The van der Waals surface area contributed by atoms with Gasteiger partial charge in [0.05, 0.1) is 12.5 Å². The van der Waals surface area contributed by atoms with E-state index in [2.05, 4.69) is 22.3 Å². The lowest BCUT2D eigenvalue weighted by Gasteiger charge is -2.40. The molecule has 1 N–H and O–H groups in total. The molecule has 5 nitrogen and oxygen atoms in total. The zero-order valence-electron chi connectivity index (χ0n) is 18.0. The Morgan fingerprint density at radius 2 is 1.70 bits per heavy atom. The Morgan fingerprint density at radius 1 is 1.03 bits per heavy atom. The molecule has 5 heteroatoms. The van der Waals surface area contributed by atoms with Gasteiger partial charge in [-0.15, -0.1) is 0 Å². The van der Waals surface area contributed by atoms with E-state index in [1.165, 1.54) is 0 Å². The molecule has 160 valence electrons. The molecular weight excluding hydrogens is 376 g/mol. The van der Waals surface area contributed by atoms with E-state index in [1.54, 1.807) is 14.0 Å². The van der Waals surface area contributed by atoms with E-state index in [0.717, 1.165) is 55.8 Å². The van der Waals surface area contributed by atoms with Gasteiger partial charge in [-0.3, -0.25) is 9.59 Å². The lowest BCUT2D eigenvalue weighted by molar-refractivity contribution is -0.125. The minimum Gasteiger partial charge on any atom is -0.496 e. The second-order valence-electron chi connectivity index (χ2n) is 8.01. The predicted octanol–water partition coefficient (Wildman–Crippen LogP) is 3.37. The van der Waals surface area contributed by atoms with Crippen LogP contribution in [0.3, 0.4) is 0 Å². The molecular formula is C25H32N2O3. The van der Waals surface area contributed by atoms with Gasteiger partial charge in [0.1, 0.15) is 11.5 Å². The maximum Gasteiger partial charge on any atom is 0.221 e. The number of rotatable bonds is 9. The normalized spacial score (nSPS) is 16.1. The number of benzene rings is 2. The highest BCUT2D eigenvalue weighted by Gasteiger charge is 2.40. The number of nitrogens with zero attached hydrogens (tertiary/aromatic N) is 1. The number of nitrogens with one attached hydrogen (secondary N) is 1. The number of methoxy groups -OCH3 is 1. The summed E-state index contributed by atoms with van der Waals surface area (Å²) >= 11 is 0. The number of ether oxygens (including phenoxy) is 1. The van der Waals surface area contributed by atoms with E-state index >= 15 is 0 Å². The number of Topliss-reactive ketones (excluding diaryl/α,β-unsaturated/α-hetero) is 1. The number of hydrogen-bond acceptors (Lipinski definition) is 4. The molecule has 1 saturated heterocycles. The molecule has 0 saturated carbocycles. The summed E-state index contributed by atoms with van der Waals surface area (Å²) < 4.78 is 5.35. The van der Waals surface area contributed by atoms with Gasteiger partial charge in [-0.05, 0) is 56.5 Å². The highest BCUT2D eigenvalue weighted by atomic mass is 16.5. The van der Waals surface area contributed by atoms with Crippen molar-refractivity contribution in [3.63, 3.8) is 0 Å². The van der Waals surface area contributed by atoms with Crippen molar-refractivity contribution >= 4 is 11.7 Å². The zero-order valence-corrected chi connectivity index (χ0v) is 18.0. The van der Waals surface area contributed by atoms with Gasteiger partial charge in [0.2, 0.25) is 5.91 Å². The summed E-state index contributed by atoms with van der Waals surface area (Å²) in [6.45, 7) is 4.70. The first-order chi connectivity index (χ1) is 14.5. The topological polar surface area (TPSA) is 58.6 Å². The molecule has 2 aromatic carbocycles. The van der Waals surface area contributed by atoms with Crippen molar-refractivity contribution in [2.45, 2.75) is 38.0 Å². The third-order valence-electron chi connectivity index (χ3n) is 6.27. The summed E-state index contributed by atoms with van der Waals surface area (Å²) in [6.07, 6.45) is 2.84. The average Bonchev–Trinajstić information content (AvgIpc) is 2.79. The van der Waals surface area contributed by atoms with Gasteiger partial charge in [0.15, 0.2) is 0 Å². The summed E-state index contributed by atoms with van der Waals surface area (Å²) in [5, 5.41) is 3.01. The number of piperidine rings is 1. The van der Waals surface area contributed by atoms with Crippen molar-refractivity contribution in [2.75, 3.05) is 33.3 Å². The summed E-state index contributed by atoms with van der Waals surface area (Å²) in [5.74, 6) is 1.16. The Bertz CT molecular complexity index is 842. The summed E-state index contributed by atoms with van der Waals surface area (Å²) in [4.78, 5) is 27.0. The highest BCUT2D eigenvalue weighted by molar-refractivity contribution is 5.88. The SMILES string of the molecule is COc1ccccc1CCNC(=O)CCN1CCC(C(C)=O)(c2ccccc2)CC1. The predicted molar refractivity (Wildman–Crippen MR) is 119 cm³/mol. The maximum absolute atomic E-state index is 12.5. The Kier molecular flexibility index (Phi) is 7.63. The molecule has 0 aromatic heterocycles. The molecule has 1 fully saturated rings. The Morgan fingerprint density at radius 3 is 2.37 bits per heavy atom. The fourth-order valence-electron chi connectivity index (χ4n) is 4.35. The zero-order chi connectivity index (χ0) is 21.4. The highest BCUT2D eigenvalue weighted by Crippen LogP contribution is 2.36. The van der Waals surface area contributed by atoms with E-state index in [-0.39, 0.29) is 17.1 Å². The first kappa shape index (κ1) is 22.0. The molecule has 0 spiro atoms. The van der Waals surface area contributed by atoms with Crippen molar-refractivity contribution in [2.24, 2.45) is 0 Å². The largest absolute Gasteiger partial charge is 0.496 e. The molecule has 0 atom stereocenters. The molecule has 1 heterocycles. The first-order valence-electron chi connectivity index (χ1n) is 10.7. The van der Waals surface area contributed by atoms with Crippen LogP contribution in [0.5, 0.6) is 5.75 Å². The summed E-state index contributed by atoms with van der Waals surface area (Å²) in [5.41, 5.74) is 1.83. The molecule has 30 heavy (non-hydrogen) atoms. The van der Waals surface area contributed by atoms with Gasteiger partial charge >= 0.3 is 0 Å². The third-order valence-corrected chi connectivity index (χ3v) is 6.27. The molecule has 1 aliphatic heterocycles. The van der Waals surface area contributed by atoms with Gasteiger partial charge in [-0.1, -0.05) is 48.5 Å². The van der Waals surface area contributed by atoms with E-state index in [4.69, 9.17) is 4.74 Å². The van der Waals surface area contributed by atoms with Gasteiger partial charge in [-0.25, -0.2) is 0 Å². The maximum atomic E-state index is 12.5. The van der Waals surface area contributed by atoms with Crippen molar-refractivity contribution in [1.29, 1.82) is 0 Å². The van der Waals surface area contributed by atoms with Crippen LogP contribution in [-0.4, -0.2) is 49.9 Å². The minimum absolute atomic E-state index is 0.0661. The molecule has 2 aromatic rings. The minimum atomic E-state index is -0.380. The molecule has 3 rings (SSSR count). The van der Waals surface area contributed by atoms with Crippen molar-refractivity contribution in [1.82, 2.24) is 10.2 Å². The Hall–Kier alpha value is -2.66. The monoisotopic (exact) mass is 408 g/mol. The van der Waals surface area contributed by atoms with E-state index in [0.29, 0.717) is 13.0 Å². The Balaban J connectivity index is 1.43. The smallest absolute Gasteiger partial charge is 0.221 e. The van der Waals surface area contributed by atoms with Gasteiger partial charge in [-0.2, -0.15) is 0 Å². The lowest BCUT2D eigenvalue weighted by atomic mass is 9.70. The average molecular weight is 409 g/mol. The standard InChI is InChI=1S/C25H32N2O3/c1-20(28)25(22-9-4-3-5-10-22)14-18-27(19-15-25)17-13-24(29)26-16-12-21-8-6-7-11-23(21)30-2/h3-11H,12-19H2,1-2H3,(H,26,29). The van der Waals surface area contributed by atoms with Crippen LogP contribution in [0.1, 0.15) is 37.3 Å². The molecule has 0 unspecified atom stereocenters. The quantitative estimate of drug-likeness (QED) is 0.691. The van der Waals surface area contributed by atoms with Gasteiger partial charge in [0.25, 0.3) is 0 Å². The number of hydrogen-bond donors (Lipinski definition) is 1. The van der Waals surface area contributed by atoms with Crippen LogP contribution in [0.25, 0.3) is 0 Å². The number of para-hydroxylation sites is 1. The van der Waals surface area contributed by atoms with Crippen LogP contribution < -0.4 is 10.1 Å². The van der Waals surface area contributed by atoms with Crippen molar-refractivity contribution in [3.05, 3.63) is 65.7 Å². The summed E-state index contributed by atoms with van der Waals surface area (Å²) in [7, 11) is 1.66. The second-order valence-corrected chi connectivity index (χ2v) is 8.01. The van der Waals surface area contributed by atoms with Crippen molar-refractivity contribution < 1.29 is 14.3 Å². The van der Waals surface area contributed by atoms with E-state index in [1.807, 2.05) is 42.5 Å². The van der Waals surface area contributed by atoms with E-state index in [9.17, 15) is 9.59 Å². The van der Waals surface area contributed by atoms with Crippen LogP contribution in [-0.2, 0) is 21.4 Å². The van der Waals surface area contributed by atoms with Crippen LogP contribution >= 0.6 is 0 Å². The Labute approximate surface area is 179 Å². The van der Waals surface area contributed by atoms with Crippen LogP contribution in [0.15, 0.2) is 54.6 Å². The number of carbonyl (C=O) groups is 2. The molecule has 1 aliphatic rings. The number of amides is 1. The van der Waals surface area contributed by atoms with Crippen LogP contribution in [0.2, 0.25) is 0 Å². The fourth-order valence-corrected chi connectivity index (χ4v) is 4.35.